The van der Waals surface area contributed by atoms with Crippen molar-refractivity contribution in [2.24, 2.45) is 10.8 Å². The molecule has 0 radical (unpaired) electrons. The zero-order valence-electron chi connectivity index (χ0n) is 7.42. The lowest BCUT2D eigenvalue weighted by molar-refractivity contribution is 0.556. The van der Waals surface area contributed by atoms with Crippen molar-refractivity contribution < 1.29 is 0 Å². The minimum absolute atomic E-state index is 0.0921. The molecule has 0 amide bonds. The minimum atomic E-state index is -0.148. The van der Waals surface area contributed by atoms with Gasteiger partial charge in [-0.05, 0) is 34.3 Å². The number of hydrogen-bond donors (Lipinski definition) is 1. The molecule has 1 aromatic rings. The van der Waals surface area contributed by atoms with Crippen LogP contribution in [-0.4, -0.2) is 12.1 Å². The van der Waals surface area contributed by atoms with Gasteiger partial charge in [0.25, 0.3) is 0 Å². The normalized spacial score (nSPS) is 14.6. The third-order valence-corrected chi connectivity index (χ3v) is 2.64. The Morgan fingerprint density at radius 1 is 1.77 bits per heavy atom. The lowest BCUT2D eigenvalue weighted by Crippen LogP contribution is -2.32. The summed E-state index contributed by atoms with van der Waals surface area (Å²) in [5, 5.41) is 7.64. The van der Waals surface area contributed by atoms with E-state index < -0.39 is 0 Å². The van der Waals surface area contributed by atoms with Crippen molar-refractivity contribution in [1.82, 2.24) is 0 Å². The van der Waals surface area contributed by atoms with Gasteiger partial charge < -0.3 is 5.73 Å². The third-order valence-electron chi connectivity index (χ3n) is 1.90. The fourth-order valence-corrected chi connectivity index (χ4v) is 1.70. The number of nitrogens with two attached hydrogens (primary N) is 1. The van der Waals surface area contributed by atoms with Crippen LogP contribution < -0.4 is 5.73 Å². The van der Waals surface area contributed by atoms with E-state index in [0.29, 0.717) is 0 Å². The summed E-state index contributed by atoms with van der Waals surface area (Å²) in [6.45, 7) is 1.83. The molecule has 1 rings (SSSR count). The Hall–Kier alpha value is -1.03. The molecular formula is C8H12N4S. The average molecular weight is 196 g/mol. The van der Waals surface area contributed by atoms with Crippen molar-refractivity contribution in [2.75, 3.05) is 0 Å². The molecule has 1 unspecified atom stereocenters. The fraction of sp³-hybridized carbons (Fsp3) is 0.500. The van der Waals surface area contributed by atoms with E-state index in [1.165, 1.54) is 5.56 Å². The van der Waals surface area contributed by atoms with Gasteiger partial charge in [-0.1, -0.05) is 12.0 Å². The molecule has 1 heterocycles. The number of nitrogens with zero attached hydrogens (tertiary/aromatic N) is 3. The minimum Gasteiger partial charge on any atom is -0.327 e. The van der Waals surface area contributed by atoms with Crippen molar-refractivity contribution in [3.8, 4) is 0 Å². The maximum Gasteiger partial charge on any atom is 0.0500 e. The predicted octanol–water partition coefficient (Wildman–Crippen LogP) is 2.32. The first-order valence-corrected chi connectivity index (χ1v) is 4.99. The van der Waals surface area contributed by atoms with Gasteiger partial charge in [-0.25, -0.2) is 0 Å². The summed E-state index contributed by atoms with van der Waals surface area (Å²) in [6.07, 6.45) is 0.768. The Morgan fingerprint density at radius 3 is 3.08 bits per heavy atom. The summed E-state index contributed by atoms with van der Waals surface area (Å²) >= 11 is 1.65. The Labute approximate surface area is 81.0 Å². The summed E-state index contributed by atoms with van der Waals surface area (Å²) in [7, 11) is 0. The first-order valence-electron chi connectivity index (χ1n) is 4.05. The molecule has 4 nitrogen and oxygen atoms in total. The third kappa shape index (κ3) is 3.06. The van der Waals surface area contributed by atoms with Gasteiger partial charge in [-0.2, -0.15) is 11.3 Å². The molecule has 70 valence electrons. The molecule has 0 saturated carbocycles. The lowest BCUT2D eigenvalue weighted by atomic mass is 10.0. The number of rotatable bonds is 4. The smallest absolute Gasteiger partial charge is 0.0500 e. The topological polar surface area (TPSA) is 74.8 Å². The van der Waals surface area contributed by atoms with E-state index in [9.17, 15) is 0 Å². The summed E-state index contributed by atoms with van der Waals surface area (Å²) in [4.78, 5) is 2.73. The first kappa shape index (κ1) is 10.1. The van der Waals surface area contributed by atoms with Crippen molar-refractivity contribution in [3.05, 3.63) is 32.8 Å². The summed E-state index contributed by atoms with van der Waals surface area (Å²) in [5.41, 5.74) is 15.3. The zero-order valence-corrected chi connectivity index (χ0v) is 8.24. The van der Waals surface area contributed by atoms with Gasteiger partial charge in [-0.15, -0.1) is 0 Å². The summed E-state index contributed by atoms with van der Waals surface area (Å²) in [5.74, 6) is 0. The highest BCUT2D eigenvalue weighted by Gasteiger charge is 2.11. The Morgan fingerprint density at radius 2 is 2.54 bits per heavy atom. The van der Waals surface area contributed by atoms with Crippen molar-refractivity contribution in [1.29, 1.82) is 0 Å². The highest BCUT2D eigenvalue weighted by Crippen LogP contribution is 2.10. The van der Waals surface area contributed by atoms with Crippen LogP contribution in [0.25, 0.3) is 10.4 Å². The lowest BCUT2D eigenvalue weighted by Gasteiger charge is -2.13. The van der Waals surface area contributed by atoms with Crippen molar-refractivity contribution >= 4 is 11.3 Å². The predicted molar refractivity (Wildman–Crippen MR) is 54.6 cm³/mol. The second kappa shape index (κ2) is 4.87. The Balaban J connectivity index is 2.50. The van der Waals surface area contributed by atoms with E-state index in [2.05, 4.69) is 15.4 Å². The first-order chi connectivity index (χ1) is 6.24. The van der Waals surface area contributed by atoms with E-state index >= 15 is 0 Å². The second-order valence-electron chi connectivity index (χ2n) is 2.95. The SMILES string of the molecule is C[C@H](N=[N+]=[N-])C(N)Cc1ccsc1. The molecule has 0 bridgehead atoms. The standard InChI is InChI=1S/C8H12N4S/c1-6(11-12-10)8(9)4-7-2-3-13-5-7/h2-3,5-6,8H,4,9H2,1H3/t6-,8?/m0/s1. The Kier molecular flexibility index (Phi) is 3.76. The average Bonchev–Trinajstić information content (AvgIpc) is 2.57. The molecular weight excluding hydrogens is 184 g/mol. The van der Waals surface area contributed by atoms with Gasteiger partial charge in [0.05, 0.1) is 0 Å². The maximum absolute atomic E-state index is 8.22. The highest BCUT2D eigenvalue weighted by molar-refractivity contribution is 7.07. The quantitative estimate of drug-likeness (QED) is 0.448. The molecule has 2 atom stereocenters. The van der Waals surface area contributed by atoms with Crippen molar-refractivity contribution in [2.45, 2.75) is 25.4 Å². The molecule has 0 aliphatic rings. The van der Waals surface area contributed by atoms with E-state index in [0.717, 1.165) is 6.42 Å². The van der Waals surface area contributed by atoms with E-state index in [1.54, 1.807) is 11.3 Å². The molecule has 0 saturated heterocycles. The van der Waals surface area contributed by atoms with Crippen LogP contribution in [0.15, 0.2) is 21.9 Å². The largest absolute Gasteiger partial charge is 0.327 e. The fourth-order valence-electron chi connectivity index (χ4n) is 1.02. The van der Waals surface area contributed by atoms with Crippen LogP contribution in [0, 0.1) is 0 Å². The van der Waals surface area contributed by atoms with Crippen molar-refractivity contribution in [3.63, 3.8) is 0 Å². The molecule has 0 aromatic carbocycles. The molecule has 13 heavy (non-hydrogen) atoms. The van der Waals surface area contributed by atoms with Crippen LogP contribution in [0.2, 0.25) is 0 Å². The van der Waals surface area contributed by atoms with E-state index in [-0.39, 0.29) is 12.1 Å². The molecule has 0 spiro atoms. The maximum atomic E-state index is 8.22. The number of azide groups is 1. The van der Waals surface area contributed by atoms with Gasteiger partial charge in [0.2, 0.25) is 0 Å². The van der Waals surface area contributed by atoms with Crippen LogP contribution in [0.4, 0.5) is 0 Å². The highest BCUT2D eigenvalue weighted by atomic mass is 32.1. The number of hydrogen-bond acceptors (Lipinski definition) is 3. The van der Waals surface area contributed by atoms with Gasteiger partial charge in [-0.3, -0.25) is 0 Å². The molecule has 0 aliphatic heterocycles. The van der Waals surface area contributed by atoms with Crippen LogP contribution in [0.1, 0.15) is 12.5 Å². The molecule has 5 heteroatoms. The van der Waals surface area contributed by atoms with Gasteiger partial charge in [0.15, 0.2) is 0 Å². The molecule has 1 aromatic heterocycles. The monoisotopic (exact) mass is 196 g/mol. The van der Waals surface area contributed by atoms with Crippen LogP contribution in [0.3, 0.4) is 0 Å². The van der Waals surface area contributed by atoms with Crippen LogP contribution in [0.5, 0.6) is 0 Å². The molecule has 0 fully saturated rings. The summed E-state index contributed by atoms with van der Waals surface area (Å²) < 4.78 is 0. The van der Waals surface area contributed by atoms with Gasteiger partial charge in [0, 0.05) is 17.0 Å². The number of thiophene rings is 1. The Bertz CT molecular complexity index is 289. The van der Waals surface area contributed by atoms with E-state index in [4.69, 9.17) is 11.3 Å². The molecule has 0 aliphatic carbocycles. The summed E-state index contributed by atoms with van der Waals surface area (Å²) in [6, 6.07) is 1.79. The molecule has 2 N–H and O–H groups in total. The van der Waals surface area contributed by atoms with Gasteiger partial charge >= 0.3 is 0 Å². The van der Waals surface area contributed by atoms with Gasteiger partial charge in [0.1, 0.15) is 0 Å². The second-order valence-corrected chi connectivity index (χ2v) is 3.73. The van der Waals surface area contributed by atoms with E-state index in [1.807, 2.05) is 18.4 Å². The zero-order chi connectivity index (χ0) is 9.68. The van der Waals surface area contributed by atoms with Crippen LogP contribution >= 0.6 is 11.3 Å². The van der Waals surface area contributed by atoms with Crippen LogP contribution in [-0.2, 0) is 6.42 Å².